The highest BCUT2D eigenvalue weighted by Crippen LogP contribution is 2.22. The molecular formula is C14H19FN2O3. The first-order valence-corrected chi connectivity index (χ1v) is 6.44. The average molecular weight is 282 g/mol. The summed E-state index contributed by atoms with van der Waals surface area (Å²) < 4.78 is 24.3. The lowest BCUT2D eigenvalue weighted by molar-refractivity contribution is -0.0148. The molecule has 1 amide bonds. The molecule has 0 saturated carbocycles. The van der Waals surface area contributed by atoms with Crippen LogP contribution in [0.2, 0.25) is 0 Å². The topological polar surface area (TPSA) is 73.6 Å². The Bertz CT molecular complexity index is 490. The number of ether oxygens (including phenoxy) is 2. The minimum Gasteiger partial charge on any atom is -0.398 e. The predicted octanol–water partition coefficient (Wildman–Crippen LogP) is 1.25. The first kappa shape index (κ1) is 14.7. The molecule has 0 aromatic heterocycles. The molecule has 1 heterocycles. The van der Waals surface area contributed by atoms with Crippen molar-refractivity contribution in [2.45, 2.75) is 18.9 Å². The van der Waals surface area contributed by atoms with E-state index in [1.165, 1.54) is 12.1 Å². The molecular weight excluding hydrogens is 263 g/mol. The fourth-order valence-electron chi connectivity index (χ4n) is 2.14. The van der Waals surface area contributed by atoms with Gasteiger partial charge in [-0.15, -0.1) is 0 Å². The Morgan fingerprint density at radius 3 is 2.90 bits per heavy atom. The third-order valence-corrected chi connectivity index (χ3v) is 3.72. The molecule has 0 radical (unpaired) electrons. The van der Waals surface area contributed by atoms with E-state index in [2.05, 4.69) is 5.32 Å². The van der Waals surface area contributed by atoms with Crippen molar-refractivity contribution in [2.75, 3.05) is 32.6 Å². The molecule has 6 heteroatoms. The van der Waals surface area contributed by atoms with E-state index in [1.54, 1.807) is 14.0 Å². The lowest BCUT2D eigenvalue weighted by Gasteiger charge is -2.25. The molecule has 3 N–H and O–H groups in total. The quantitative estimate of drug-likeness (QED) is 0.815. The van der Waals surface area contributed by atoms with Gasteiger partial charge in [0.2, 0.25) is 0 Å². The van der Waals surface area contributed by atoms with E-state index in [9.17, 15) is 9.18 Å². The van der Waals surface area contributed by atoms with Crippen molar-refractivity contribution in [2.24, 2.45) is 0 Å². The molecule has 1 saturated heterocycles. The number of carbonyl (C=O) groups is 1. The predicted molar refractivity (Wildman–Crippen MR) is 73.1 cm³/mol. The van der Waals surface area contributed by atoms with Crippen molar-refractivity contribution < 1.29 is 18.7 Å². The summed E-state index contributed by atoms with van der Waals surface area (Å²) in [6.45, 7) is 2.93. The number of hydrogen-bond donors (Lipinski definition) is 2. The summed E-state index contributed by atoms with van der Waals surface area (Å²) in [6, 6.07) is 2.66. The van der Waals surface area contributed by atoms with Crippen LogP contribution in [-0.4, -0.2) is 38.4 Å². The summed E-state index contributed by atoms with van der Waals surface area (Å²) in [6.07, 6.45) is 0.716. The highest BCUT2D eigenvalue weighted by molar-refractivity contribution is 5.95. The highest BCUT2D eigenvalue weighted by atomic mass is 19.1. The molecule has 0 aliphatic carbocycles. The maximum atomic E-state index is 13.6. The van der Waals surface area contributed by atoms with Crippen molar-refractivity contribution in [1.29, 1.82) is 0 Å². The van der Waals surface area contributed by atoms with E-state index in [4.69, 9.17) is 15.2 Å². The van der Waals surface area contributed by atoms with E-state index in [0.29, 0.717) is 31.7 Å². The molecule has 1 aromatic carbocycles. The van der Waals surface area contributed by atoms with Gasteiger partial charge < -0.3 is 20.5 Å². The molecule has 0 bridgehead atoms. The smallest absolute Gasteiger partial charge is 0.251 e. The summed E-state index contributed by atoms with van der Waals surface area (Å²) in [4.78, 5) is 12.0. The van der Waals surface area contributed by atoms with Crippen LogP contribution in [0.5, 0.6) is 0 Å². The number of nitrogens with two attached hydrogens (primary N) is 1. The summed E-state index contributed by atoms with van der Waals surface area (Å²) >= 11 is 0. The van der Waals surface area contributed by atoms with Crippen molar-refractivity contribution in [3.05, 3.63) is 29.1 Å². The number of hydrogen-bond acceptors (Lipinski definition) is 4. The van der Waals surface area contributed by atoms with Crippen LogP contribution in [0.25, 0.3) is 0 Å². The molecule has 0 spiro atoms. The van der Waals surface area contributed by atoms with Gasteiger partial charge in [-0.05, 0) is 19.1 Å². The van der Waals surface area contributed by atoms with E-state index >= 15 is 0 Å². The normalized spacial score (nSPS) is 21.9. The van der Waals surface area contributed by atoms with Gasteiger partial charge in [0.15, 0.2) is 0 Å². The molecule has 1 aliphatic rings. The van der Waals surface area contributed by atoms with Gasteiger partial charge in [0.05, 0.1) is 6.61 Å². The van der Waals surface area contributed by atoms with E-state index in [0.717, 1.165) is 0 Å². The molecule has 1 unspecified atom stereocenters. The molecule has 1 atom stereocenters. The zero-order valence-corrected chi connectivity index (χ0v) is 11.7. The zero-order valence-electron chi connectivity index (χ0n) is 11.7. The lowest BCUT2D eigenvalue weighted by atomic mass is 10.0. The fraction of sp³-hybridized carbons (Fsp3) is 0.500. The third-order valence-electron chi connectivity index (χ3n) is 3.72. The van der Waals surface area contributed by atoms with Crippen molar-refractivity contribution in [3.63, 3.8) is 0 Å². The van der Waals surface area contributed by atoms with Crippen molar-refractivity contribution in [1.82, 2.24) is 5.32 Å². The first-order chi connectivity index (χ1) is 9.47. The van der Waals surface area contributed by atoms with E-state index in [-0.39, 0.29) is 17.2 Å². The van der Waals surface area contributed by atoms with Crippen LogP contribution in [0.4, 0.5) is 10.1 Å². The van der Waals surface area contributed by atoms with Crippen molar-refractivity contribution in [3.8, 4) is 0 Å². The number of nitrogen functional groups attached to an aromatic ring is 1. The van der Waals surface area contributed by atoms with Crippen LogP contribution < -0.4 is 11.1 Å². The molecule has 1 fully saturated rings. The van der Waals surface area contributed by atoms with E-state index < -0.39 is 11.4 Å². The maximum absolute atomic E-state index is 13.6. The molecule has 2 rings (SSSR count). The van der Waals surface area contributed by atoms with Crippen LogP contribution in [0.15, 0.2) is 12.1 Å². The van der Waals surface area contributed by atoms with Crippen LogP contribution in [-0.2, 0) is 9.47 Å². The first-order valence-electron chi connectivity index (χ1n) is 6.44. The number of benzene rings is 1. The van der Waals surface area contributed by atoms with Gasteiger partial charge in [0.1, 0.15) is 11.4 Å². The molecule has 1 aliphatic heterocycles. The number of amides is 1. The molecule has 1 aromatic rings. The van der Waals surface area contributed by atoms with Gasteiger partial charge in [0, 0.05) is 43.5 Å². The Morgan fingerprint density at radius 2 is 2.35 bits per heavy atom. The zero-order chi connectivity index (χ0) is 14.8. The summed E-state index contributed by atoms with van der Waals surface area (Å²) in [7, 11) is 1.59. The Balaban J connectivity index is 2.05. The van der Waals surface area contributed by atoms with Gasteiger partial charge in [-0.25, -0.2) is 4.39 Å². The van der Waals surface area contributed by atoms with E-state index in [1.807, 2.05) is 0 Å². The van der Waals surface area contributed by atoms with Crippen LogP contribution in [0, 0.1) is 12.7 Å². The standard InChI is InChI=1S/C14H19FN2O3/c1-9-11(15)5-10(6-12(9)16)13(18)17-7-14(19-2)3-4-20-8-14/h5-6H,3-4,7-8,16H2,1-2H3,(H,17,18). The largest absolute Gasteiger partial charge is 0.398 e. The molecule has 110 valence electrons. The van der Waals surface area contributed by atoms with Gasteiger partial charge in [0.25, 0.3) is 5.91 Å². The fourth-order valence-corrected chi connectivity index (χ4v) is 2.14. The molecule has 5 nitrogen and oxygen atoms in total. The lowest BCUT2D eigenvalue weighted by Crippen LogP contribution is -2.45. The second-order valence-electron chi connectivity index (χ2n) is 5.04. The Kier molecular flexibility index (Phi) is 4.25. The van der Waals surface area contributed by atoms with Gasteiger partial charge in [-0.1, -0.05) is 0 Å². The number of carbonyl (C=O) groups excluding carboxylic acids is 1. The molecule has 20 heavy (non-hydrogen) atoms. The highest BCUT2D eigenvalue weighted by Gasteiger charge is 2.35. The summed E-state index contributed by atoms with van der Waals surface area (Å²) in [5, 5.41) is 2.74. The van der Waals surface area contributed by atoms with Crippen LogP contribution in [0.1, 0.15) is 22.3 Å². The number of halogens is 1. The third kappa shape index (κ3) is 2.91. The Morgan fingerprint density at radius 1 is 1.60 bits per heavy atom. The SMILES string of the molecule is COC1(CNC(=O)c2cc(N)c(C)c(F)c2)CCOC1. The second kappa shape index (κ2) is 5.76. The average Bonchev–Trinajstić information content (AvgIpc) is 2.91. The van der Waals surface area contributed by atoms with Crippen LogP contribution >= 0.6 is 0 Å². The van der Waals surface area contributed by atoms with Crippen molar-refractivity contribution >= 4 is 11.6 Å². The van der Waals surface area contributed by atoms with Gasteiger partial charge in [-0.3, -0.25) is 4.79 Å². The number of anilines is 1. The number of rotatable bonds is 4. The maximum Gasteiger partial charge on any atom is 0.251 e. The Hall–Kier alpha value is -1.66. The number of nitrogens with one attached hydrogen (secondary N) is 1. The minimum absolute atomic E-state index is 0.204. The summed E-state index contributed by atoms with van der Waals surface area (Å²) in [5.41, 5.74) is 5.98. The monoisotopic (exact) mass is 282 g/mol. The number of methoxy groups -OCH3 is 1. The summed E-state index contributed by atoms with van der Waals surface area (Å²) in [5.74, 6) is -0.861. The second-order valence-corrected chi connectivity index (χ2v) is 5.04. The van der Waals surface area contributed by atoms with Gasteiger partial charge in [-0.2, -0.15) is 0 Å². The Labute approximate surface area is 117 Å². The van der Waals surface area contributed by atoms with Crippen LogP contribution in [0.3, 0.4) is 0 Å². The minimum atomic E-state index is -0.496. The van der Waals surface area contributed by atoms with Gasteiger partial charge >= 0.3 is 0 Å².